The Morgan fingerprint density at radius 2 is 2.13 bits per heavy atom. The molecule has 0 spiro atoms. The number of nitrogens with zero attached hydrogens (tertiary/aromatic N) is 1. The van der Waals surface area contributed by atoms with E-state index in [9.17, 15) is 9.59 Å². The van der Waals surface area contributed by atoms with Crippen molar-refractivity contribution < 1.29 is 9.53 Å². The van der Waals surface area contributed by atoms with Gasteiger partial charge in [-0.15, -0.1) is 11.3 Å². The second kappa shape index (κ2) is 6.89. The van der Waals surface area contributed by atoms with Gasteiger partial charge in [0.2, 0.25) is 5.43 Å². The number of benzene rings is 1. The van der Waals surface area contributed by atoms with Crippen LogP contribution < -0.4 is 10.3 Å². The van der Waals surface area contributed by atoms with Gasteiger partial charge in [0.25, 0.3) is 0 Å². The molecule has 0 saturated carbocycles. The largest absolute Gasteiger partial charge is 0.466 e. The van der Waals surface area contributed by atoms with Gasteiger partial charge in [0.1, 0.15) is 0 Å². The zero-order valence-electron chi connectivity index (χ0n) is 12.9. The molecule has 23 heavy (non-hydrogen) atoms. The monoisotopic (exact) mass is 351 g/mol. The van der Waals surface area contributed by atoms with E-state index in [0.29, 0.717) is 35.8 Å². The van der Waals surface area contributed by atoms with Crippen LogP contribution in [0.15, 0.2) is 28.4 Å². The molecule has 2 heterocycles. The first-order valence-corrected chi connectivity index (χ1v) is 8.98. The fraction of sp³-hybridized carbons (Fsp3) is 0.412. The van der Waals surface area contributed by atoms with Crippen LogP contribution in [0.3, 0.4) is 0 Å². The van der Waals surface area contributed by atoms with Gasteiger partial charge in [0.05, 0.1) is 18.2 Å². The Morgan fingerprint density at radius 3 is 2.83 bits per heavy atom. The van der Waals surface area contributed by atoms with Gasteiger partial charge in [-0.1, -0.05) is 11.6 Å². The number of carbonyl (C=O) groups is 1. The molecule has 1 fully saturated rings. The van der Waals surface area contributed by atoms with Crippen molar-refractivity contribution >= 4 is 44.7 Å². The summed E-state index contributed by atoms with van der Waals surface area (Å²) < 4.78 is 6.02. The van der Waals surface area contributed by atoms with Crippen LogP contribution in [0.2, 0.25) is 5.02 Å². The molecule has 1 aliphatic rings. The van der Waals surface area contributed by atoms with E-state index < -0.39 is 0 Å². The van der Waals surface area contributed by atoms with Crippen molar-refractivity contribution in [2.45, 2.75) is 19.8 Å². The van der Waals surface area contributed by atoms with E-state index in [4.69, 9.17) is 16.3 Å². The quantitative estimate of drug-likeness (QED) is 0.791. The van der Waals surface area contributed by atoms with Crippen molar-refractivity contribution in [3.63, 3.8) is 0 Å². The van der Waals surface area contributed by atoms with Gasteiger partial charge in [-0.05, 0) is 38.0 Å². The van der Waals surface area contributed by atoms with Gasteiger partial charge in [-0.25, -0.2) is 0 Å². The molecule has 0 N–H and O–H groups in total. The molecule has 0 aliphatic carbocycles. The minimum atomic E-state index is -0.123. The van der Waals surface area contributed by atoms with Gasteiger partial charge >= 0.3 is 5.97 Å². The lowest BCUT2D eigenvalue weighted by atomic mass is 9.97. The molecule has 1 aromatic heterocycles. The molecule has 0 amide bonds. The number of halogens is 1. The number of carbonyl (C=O) groups excluding carboxylic acids is 1. The number of ether oxygens (including phenoxy) is 1. The molecule has 2 aromatic rings. The van der Waals surface area contributed by atoms with E-state index in [1.807, 2.05) is 18.4 Å². The minimum absolute atomic E-state index is 0.0100. The van der Waals surface area contributed by atoms with Crippen molar-refractivity contribution in [3.8, 4) is 0 Å². The van der Waals surface area contributed by atoms with E-state index in [-0.39, 0.29) is 17.3 Å². The van der Waals surface area contributed by atoms with Gasteiger partial charge < -0.3 is 9.64 Å². The average molecular weight is 352 g/mol. The highest BCUT2D eigenvalue weighted by atomic mass is 35.5. The third-order valence-corrected chi connectivity index (χ3v) is 5.36. The smallest absolute Gasteiger partial charge is 0.309 e. The van der Waals surface area contributed by atoms with Crippen LogP contribution in [0.5, 0.6) is 0 Å². The lowest BCUT2D eigenvalue weighted by molar-refractivity contribution is -0.148. The third-order valence-electron chi connectivity index (χ3n) is 4.17. The van der Waals surface area contributed by atoms with Crippen LogP contribution in [-0.2, 0) is 9.53 Å². The van der Waals surface area contributed by atoms with Crippen LogP contribution in [0.1, 0.15) is 19.8 Å². The Labute approximate surface area is 143 Å². The van der Waals surface area contributed by atoms with Crippen LogP contribution in [-0.4, -0.2) is 25.7 Å². The molecule has 0 atom stereocenters. The summed E-state index contributed by atoms with van der Waals surface area (Å²) in [5.41, 5.74) is 0.711. The van der Waals surface area contributed by atoms with E-state index in [1.54, 1.807) is 23.5 Å². The summed E-state index contributed by atoms with van der Waals surface area (Å²) in [4.78, 5) is 26.6. The predicted molar refractivity (Wildman–Crippen MR) is 94.7 cm³/mol. The van der Waals surface area contributed by atoms with E-state index >= 15 is 0 Å². The Bertz CT molecular complexity index is 781. The molecule has 1 aromatic carbocycles. The maximum atomic E-state index is 12.7. The van der Waals surface area contributed by atoms with Crippen LogP contribution in [0.25, 0.3) is 10.1 Å². The zero-order valence-corrected chi connectivity index (χ0v) is 14.5. The number of anilines is 1. The highest BCUT2D eigenvalue weighted by Crippen LogP contribution is 2.27. The molecule has 6 heteroatoms. The Hall–Kier alpha value is -1.59. The molecule has 0 radical (unpaired) electrons. The lowest BCUT2D eigenvalue weighted by Gasteiger charge is -2.32. The molecule has 4 nitrogen and oxygen atoms in total. The maximum Gasteiger partial charge on any atom is 0.309 e. The summed E-state index contributed by atoms with van der Waals surface area (Å²) in [6.45, 7) is 3.62. The topological polar surface area (TPSA) is 46.6 Å². The standard InChI is InChI=1S/C17H18ClNO3S/c1-2-22-17(21)11-5-7-19(8-6-11)14-10-23-15-4-3-12(18)9-13(15)16(14)20/h3-4,9-11H,2,5-8H2,1H3. The number of hydrogen-bond acceptors (Lipinski definition) is 5. The number of fused-ring (bicyclic) bond motifs is 1. The van der Waals surface area contributed by atoms with Crippen molar-refractivity contribution in [2.75, 3.05) is 24.6 Å². The van der Waals surface area contributed by atoms with Gasteiger partial charge in [-0.2, -0.15) is 0 Å². The number of rotatable bonds is 3. The minimum Gasteiger partial charge on any atom is -0.466 e. The van der Waals surface area contributed by atoms with Crippen molar-refractivity contribution in [2.24, 2.45) is 5.92 Å². The lowest BCUT2D eigenvalue weighted by Crippen LogP contribution is -2.38. The molecule has 122 valence electrons. The molecule has 3 rings (SSSR count). The second-order valence-corrected chi connectivity index (χ2v) is 6.95. The number of esters is 1. The van der Waals surface area contributed by atoms with Crippen molar-refractivity contribution in [1.82, 2.24) is 0 Å². The summed E-state index contributed by atoms with van der Waals surface area (Å²) >= 11 is 7.56. The highest BCUT2D eigenvalue weighted by molar-refractivity contribution is 7.16. The zero-order chi connectivity index (χ0) is 16.4. The highest BCUT2D eigenvalue weighted by Gasteiger charge is 2.27. The molecular formula is C17H18ClNO3S. The molecule has 1 saturated heterocycles. The van der Waals surface area contributed by atoms with Gasteiger partial charge in [-0.3, -0.25) is 9.59 Å². The summed E-state index contributed by atoms with van der Waals surface area (Å²) in [6.07, 6.45) is 1.44. The Morgan fingerprint density at radius 1 is 1.39 bits per heavy atom. The second-order valence-electron chi connectivity index (χ2n) is 5.60. The fourth-order valence-electron chi connectivity index (χ4n) is 2.93. The molecule has 1 aliphatic heterocycles. The SMILES string of the molecule is CCOC(=O)C1CCN(c2csc3ccc(Cl)cc3c2=O)CC1. The predicted octanol–water partition coefficient (Wildman–Crippen LogP) is 3.69. The van der Waals surface area contributed by atoms with E-state index in [2.05, 4.69) is 4.90 Å². The number of piperidine rings is 1. The molecule has 0 unspecified atom stereocenters. The van der Waals surface area contributed by atoms with Crippen LogP contribution in [0.4, 0.5) is 5.69 Å². The molecular weight excluding hydrogens is 334 g/mol. The first-order chi connectivity index (χ1) is 11.1. The third kappa shape index (κ3) is 3.35. The van der Waals surface area contributed by atoms with Crippen LogP contribution in [0, 0.1) is 5.92 Å². The average Bonchev–Trinajstić information content (AvgIpc) is 2.56. The maximum absolute atomic E-state index is 12.7. The van der Waals surface area contributed by atoms with Gasteiger partial charge in [0, 0.05) is 33.6 Å². The summed E-state index contributed by atoms with van der Waals surface area (Å²) in [7, 11) is 0. The first-order valence-electron chi connectivity index (χ1n) is 7.72. The van der Waals surface area contributed by atoms with E-state index in [1.165, 1.54) is 0 Å². The number of hydrogen-bond donors (Lipinski definition) is 0. The molecule has 0 bridgehead atoms. The fourth-order valence-corrected chi connectivity index (χ4v) is 4.02. The first kappa shape index (κ1) is 16.3. The Balaban J connectivity index is 1.81. The summed E-state index contributed by atoms with van der Waals surface area (Å²) in [6, 6.07) is 5.40. The van der Waals surface area contributed by atoms with Crippen LogP contribution >= 0.6 is 22.9 Å². The van der Waals surface area contributed by atoms with Crippen molar-refractivity contribution in [3.05, 3.63) is 38.8 Å². The van der Waals surface area contributed by atoms with Gasteiger partial charge in [0.15, 0.2) is 0 Å². The summed E-state index contributed by atoms with van der Waals surface area (Å²) in [5.74, 6) is -0.178. The summed E-state index contributed by atoms with van der Waals surface area (Å²) in [5, 5.41) is 3.14. The van der Waals surface area contributed by atoms with Crippen molar-refractivity contribution in [1.29, 1.82) is 0 Å². The Kier molecular flexibility index (Phi) is 4.87. The van der Waals surface area contributed by atoms with E-state index in [0.717, 1.165) is 17.5 Å². The normalized spacial score (nSPS) is 15.8.